The average Bonchev–Trinajstić information content (AvgIpc) is 3.35. The van der Waals surface area contributed by atoms with E-state index in [0.717, 1.165) is 15.8 Å². The van der Waals surface area contributed by atoms with Crippen LogP contribution in [0.4, 0.5) is 4.39 Å². The topological polar surface area (TPSA) is 113 Å². The number of aromatic nitrogens is 4. The number of rotatable bonds is 6. The van der Waals surface area contributed by atoms with Crippen molar-refractivity contribution in [1.29, 1.82) is 0 Å². The van der Waals surface area contributed by atoms with Crippen LogP contribution in [0.15, 0.2) is 62.3 Å². The second-order valence-electron chi connectivity index (χ2n) is 6.38. The van der Waals surface area contributed by atoms with E-state index in [1.165, 1.54) is 24.3 Å². The minimum Gasteiger partial charge on any atom is -0.456 e. The van der Waals surface area contributed by atoms with Gasteiger partial charge in [0.05, 0.1) is 0 Å². The lowest BCUT2D eigenvalue weighted by Gasteiger charge is -2.00. The number of nitrogens with zero attached hydrogens (tertiary/aromatic N) is 4. The van der Waals surface area contributed by atoms with Crippen molar-refractivity contribution in [3.63, 3.8) is 0 Å². The molecule has 0 saturated heterocycles. The highest BCUT2D eigenvalue weighted by Gasteiger charge is 2.16. The molecule has 0 radical (unpaired) electrons. The van der Waals surface area contributed by atoms with Gasteiger partial charge in [-0.3, -0.25) is 4.79 Å². The molecule has 0 N–H and O–H groups in total. The number of benzene rings is 2. The van der Waals surface area contributed by atoms with E-state index in [4.69, 9.17) is 13.7 Å². The van der Waals surface area contributed by atoms with Crippen LogP contribution in [-0.4, -0.2) is 25.9 Å². The SMILES string of the molecule is Cc1ccc(-c2nc(COC(=O)Cn3nc(-c4ccc(F)cc4)oc3=O)no2)cc1. The highest BCUT2D eigenvalue weighted by molar-refractivity contribution is 5.69. The van der Waals surface area contributed by atoms with Gasteiger partial charge >= 0.3 is 11.7 Å². The molecule has 2 heterocycles. The summed E-state index contributed by atoms with van der Waals surface area (Å²) in [7, 11) is 0. The Morgan fingerprint density at radius 2 is 1.73 bits per heavy atom. The lowest BCUT2D eigenvalue weighted by Crippen LogP contribution is -2.23. The van der Waals surface area contributed by atoms with Gasteiger partial charge in [-0.1, -0.05) is 22.9 Å². The lowest BCUT2D eigenvalue weighted by molar-refractivity contribution is -0.146. The quantitative estimate of drug-likeness (QED) is 0.446. The fraction of sp³-hybridized carbons (Fsp3) is 0.150. The number of hydrogen-bond donors (Lipinski definition) is 0. The predicted molar refractivity (Wildman–Crippen MR) is 100 cm³/mol. The summed E-state index contributed by atoms with van der Waals surface area (Å²) in [6, 6.07) is 12.7. The number of hydrogen-bond acceptors (Lipinski definition) is 8. The number of esters is 1. The number of carbonyl (C=O) groups excluding carboxylic acids is 1. The van der Waals surface area contributed by atoms with Gasteiger partial charge in [0.2, 0.25) is 11.7 Å². The van der Waals surface area contributed by atoms with Crippen molar-refractivity contribution in [2.24, 2.45) is 0 Å². The molecule has 0 bridgehead atoms. The van der Waals surface area contributed by atoms with Crippen LogP contribution in [0.3, 0.4) is 0 Å². The summed E-state index contributed by atoms with van der Waals surface area (Å²) in [5, 5.41) is 7.69. The first kappa shape index (κ1) is 19.2. The van der Waals surface area contributed by atoms with Gasteiger partial charge in [0, 0.05) is 11.1 Å². The number of aryl methyl sites for hydroxylation is 1. The molecule has 0 unspecified atom stereocenters. The first-order valence-corrected chi connectivity index (χ1v) is 8.87. The maximum atomic E-state index is 13.0. The summed E-state index contributed by atoms with van der Waals surface area (Å²) >= 11 is 0. The van der Waals surface area contributed by atoms with Crippen molar-refractivity contribution < 1.29 is 22.9 Å². The average molecular weight is 410 g/mol. The largest absolute Gasteiger partial charge is 0.456 e. The van der Waals surface area contributed by atoms with E-state index in [0.29, 0.717) is 11.5 Å². The Morgan fingerprint density at radius 1 is 1.07 bits per heavy atom. The maximum Gasteiger partial charge on any atom is 0.437 e. The summed E-state index contributed by atoms with van der Waals surface area (Å²) < 4.78 is 29.0. The van der Waals surface area contributed by atoms with Crippen molar-refractivity contribution in [1.82, 2.24) is 19.9 Å². The molecular formula is C20H15FN4O5. The first-order valence-electron chi connectivity index (χ1n) is 8.87. The second-order valence-corrected chi connectivity index (χ2v) is 6.38. The summed E-state index contributed by atoms with van der Waals surface area (Å²) in [4.78, 5) is 28.1. The molecule has 4 aromatic rings. The summed E-state index contributed by atoms with van der Waals surface area (Å²) in [6.45, 7) is 1.27. The summed E-state index contributed by atoms with van der Waals surface area (Å²) in [6.07, 6.45) is 0. The molecule has 2 aromatic heterocycles. The predicted octanol–water partition coefficient (Wildman–Crippen LogP) is 2.74. The van der Waals surface area contributed by atoms with Gasteiger partial charge in [-0.15, -0.1) is 5.10 Å². The molecule has 0 aliphatic heterocycles. The fourth-order valence-electron chi connectivity index (χ4n) is 2.55. The molecule has 30 heavy (non-hydrogen) atoms. The van der Waals surface area contributed by atoms with Gasteiger partial charge in [-0.2, -0.15) is 9.67 Å². The van der Waals surface area contributed by atoms with E-state index < -0.39 is 24.1 Å². The van der Waals surface area contributed by atoms with Crippen molar-refractivity contribution in [2.75, 3.05) is 0 Å². The van der Waals surface area contributed by atoms with Gasteiger partial charge in [0.25, 0.3) is 5.89 Å². The fourth-order valence-corrected chi connectivity index (χ4v) is 2.55. The normalized spacial score (nSPS) is 10.9. The van der Waals surface area contributed by atoms with E-state index in [2.05, 4.69) is 15.2 Å². The summed E-state index contributed by atoms with van der Waals surface area (Å²) in [5.74, 6) is -1.56. The van der Waals surface area contributed by atoms with E-state index in [9.17, 15) is 14.0 Å². The third-order valence-electron chi connectivity index (χ3n) is 4.11. The van der Waals surface area contributed by atoms with Crippen molar-refractivity contribution in [3.05, 3.63) is 76.3 Å². The minimum absolute atomic E-state index is 0.0336. The van der Waals surface area contributed by atoms with Gasteiger partial charge in [-0.05, 0) is 43.3 Å². The maximum absolute atomic E-state index is 13.0. The Morgan fingerprint density at radius 3 is 2.47 bits per heavy atom. The number of ether oxygens (including phenoxy) is 1. The standard InChI is InChI=1S/C20H15FN4O5/c1-12-2-4-13(5-3-12)18-22-16(24-30-18)11-28-17(26)10-25-20(27)29-19(23-25)14-6-8-15(21)9-7-14/h2-9H,10-11H2,1H3. The molecule has 10 heteroatoms. The van der Waals surface area contributed by atoms with E-state index in [1.54, 1.807) is 0 Å². The third kappa shape index (κ3) is 4.32. The highest BCUT2D eigenvalue weighted by atomic mass is 19.1. The molecule has 2 aromatic carbocycles. The van der Waals surface area contributed by atoms with Crippen LogP contribution in [0.2, 0.25) is 0 Å². The Bertz CT molecular complexity index is 1230. The molecule has 0 amide bonds. The lowest BCUT2D eigenvalue weighted by atomic mass is 10.1. The zero-order valence-corrected chi connectivity index (χ0v) is 15.7. The van der Waals surface area contributed by atoms with Crippen molar-refractivity contribution in [2.45, 2.75) is 20.1 Å². The molecule has 152 valence electrons. The van der Waals surface area contributed by atoms with Crippen LogP contribution in [0, 0.1) is 12.7 Å². The molecule has 0 atom stereocenters. The van der Waals surface area contributed by atoms with Crippen LogP contribution in [0.5, 0.6) is 0 Å². The second kappa shape index (κ2) is 8.11. The van der Waals surface area contributed by atoms with Gasteiger partial charge < -0.3 is 13.7 Å². The Labute approximate surface area is 168 Å². The van der Waals surface area contributed by atoms with E-state index in [-0.39, 0.29) is 18.3 Å². The van der Waals surface area contributed by atoms with Gasteiger partial charge in [0.1, 0.15) is 12.4 Å². The third-order valence-corrected chi connectivity index (χ3v) is 4.11. The van der Waals surface area contributed by atoms with Crippen LogP contribution >= 0.6 is 0 Å². The van der Waals surface area contributed by atoms with Crippen LogP contribution < -0.4 is 5.76 Å². The van der Waals surface area contributed by atoms with Crippen LogP contribution in [-0.2, 0) is 22.7 Å². The molecule has 0 spiro atoms. The van der Waals surface area contributed by atoms with E-state index in [1.807, 2.05) is 31.2 Å². The zero-order valence-electron chi connectivity index (χ0n) is 15.7. The van der Waals surface area contributed by atoms with Crippen molar-refractivity contribution >= 4 is 5.97 Å². The monoisotopic (exact) mass is 410 g/mol. The number of carbonyl (C=O) groups is 1. The molecule has 0 fully saturated rings. The molecule has 0 aliphatic carbocycles. The molecule has 0 aliphatic rings. The molecule has 4 rings (SSSR count). The Hall–Kier alpha value is -4.08. The number of halogens is 1. The molecular weight excluding hydrogens is 395 g/mol. The minimum atomic E-state index is -0.840. The van der Waals surface area contributed by atoms with Gasteiger partial charge in [0.15, 0.2) is 6.61 Å². The summed E-state index contributed by atoms with van der Waals surface area (Å²) in [5.41, 5.74) is 2.24. The van der Waals surface area contributed by atoms with Crippen LogP contribution in [0.1, 0.15) is 11.4 Å². The smallest absolute Gasteiger partial charge is 0.437 e. The first-order chi connectivity index (χ1) is 14.5. The van der Waals surface area contributed by atoms with Crippen LogP contribution in [0.25, 0.3) is 22.9 Å². The molecule has 0 saturated carbocycles. The highest BCUT2D eigenvalue weighted by Crippen LogP contribution is 2.18. The molecule has 9 nitrogen and oxygen atoms in total. The van der Waals surface area contributed by atoms with Crippen molar-refractivity contribution in [3.8, 4) is 22.9 Å². The zero-order chi connectivity index (χ0) is 21.1. The van der Waals surface area contributed by atoms with E-state index >= 15 is 0 Å². The Balaban J connectivity index is 1.37. The Kier molecular flexibility index (Phi) is 5.21. The van der Waals surface area contributed by atoms with Gasteiger partial charge in [-0.25, -0.2) is 9.18 Å².